The molecular weight excluding hydrogens is 464 g/mol. The van der Waals surface area contributed by atoms with Crippen molar-refractivity contribution in [1.29, 1.82) is 0 Å². The summed E-state index contributed by atoms with van der Waals surface area (Å²) < 4.78 is 27.3. The Balaban J connectivity index is 1.84. The number of methoxy groups -OCH3 is 2. The van der Waals surface area contributed by atoms with Gasteiger partial charge in [-0.05, 0) is 68.7 Å². The minimum atomic E-state index is -0.670. The quantitative estimate of drug-likeness (QED) is 0.316. The number of esters is 2. The molecule has 0 saturated carbocycles. The zero-order valence-electron chi connectivity index (χ0n) is 21.3. The van der Waals surface area contributed by atoms with Gasteiger partial charge in [-0.25, -0.2) is 9.59 Å². The molecule has 0 aromatic heterocycles. The van der Waals surface area contributed by atoms with Crippen molar-refractivity contribution in [2.75, 3.05) is 20.8 Å². The number of carbonyl (C=O) groups is 2. The van der Waals surface area contributed by atoms with E-state index in [0.29, 0.717) is 34.8 Å². The highest BCUT2D eigenvalue weighted by Gasteiger charge is 2.24. The minimum absolute atomic E-state index is 0.0274. The van der Waals surface area contributed by atoms with Crippen LogP contribution in [0.2, 0.25) is 0 Å². The largest absolute Gasteiger partial charge is 0.507 e. The first-order valence-corrected chi connectivity index (χ1v) is 11.4. The lowest BCUT2D eigenvalue weighted by molar-refractivity contribution is 0.0522. The molecule has 0 aliphatic carbocycles. The molecule has 3 rings (SSSR count). The first-order chi connectivity index (χ1) is 17.2. The number of aromatic hydroxyl groups is 1. The average Bonchev–Trinajstić information content (AvgIpc) is 2.84. The average molecular weight is 495 g/mol. The normalized spacial score (nSPS) is 10.5. The Morgan fingerprint density at radius 2 is 1.50 bits per heavy atom. The van der Waals surface area contributed by atoms with E-state index in [9.17, 15) is 14.7 Å². The standard InChI is InChI=1S/C28H30O8/c1-7-34-27(30)24-16(2)12-21(14-22(24)29)36-28(31)25-17(3)13-23(18(4)26(25)33-6)35-15-19-8-10-20(32-5)11-9-19/h8-14,29H,7,15H2,1-6H3. The molecule has 36 heavy (non-hydrogen) atoms. The Morgan fingerprint density at radius 3 is 2.08 bits per heavy atom. The summed E-state index contributed by atoms with van der Waals surface area (Å²) in [5, 5.41) is 10.3. The van der Waals surface area contributed by atoms with Crippen LogP contribution in [-0.4, -0.2) is 37.9 Å². The van der Waals surface area contributed by atoms with Crippen molar-refractivity contribution in [3.63, 3.8) is 0 Å². The maximum absolute atomic E-state index is 13.1. The second kappa shape index (κ2) is 11.5. The van der Waals surface area contributed by atoms with Gasteiger partial charge in [-0.3, -0.25) is 0 Å². The van der Waals surface area contributed by atoms with E-state index < -0.39 is 11.9 Å². The third-order valence-corrected chi connectivity index (χ3v) is 5.62. The number of ether oxygens (including phenoxy) is 5. The van der Waals surface area contributed by atoms with E-state index in [0.717, 1.165) is 11.3 Å². The molecule has 0 amide bonds. The number of aryl methyl sites for hydroxylation is 2. The molecule has 0 saturated heterocycles. The molecule has 1 N–H and O–H groups in total. The van der Waals surface area contributed by atoms with Gasteiger partial charge in [-0.1, -0.05) is 12.1 Å². The number of rotatable bonds is 9. The summed E-state index contributed by atoms with van der Waals surface area (Å²) in [7, 11) is 3.08. The Labute approximate surface area is 210 Å². The van der Waals surface area contributed by atoms with Crippen molar-refractivity contribution in [3.05, 3.63) is 75.8 Å². The molecule has 0 unspecified atom stereocenters. The second-order valence-electron chi connectivity index (χ2n) is 8.11. The Kier molecular flexibility index (Phi) is 8.42. The molecular formula is C28H30O8. The van der Waals surface area contributed by atoms with Crippen LogP contribution in [0.25, 0.3) is 0 Å². The van der Waals surface area contributed by atoms with Gasteiger partial charge in [0.05, 0.1) is 20.8 Å². The van der Waals surface area contributed by atoms with Gasteiger partial charge in [0.1, 0.15) is 46.5 Å². The molecule has 0 aliphatic rings. The fraction of sp³-hybridized carbons (Fsp3) is 0.286. The monoisotopic (exact) mass is 494 g/mol. The van der Waals surface area contributed by atoms with Gasteiger partial charge in [0.2, 0.25) is 0 Å². The summed E-state index contributed by atoms with van der Waals surface area (Å²) in [5.74, 6) is 0.0909. The summed E-state index contributed by atoms with van der Waals surface area (Å²) >= 11 is 0. The van der Waals surface area contributed by atoms with Crippen molar-refractivity contribution in [1.82, 2.24) is 0 Å². The van der Waals surface area contributed by atoms with Gasteiger partial charge in [-0.2, -0.15) is 0 Å². The second-order valence-corrected chi connectivity index (χ2v) is 8.11. The molecule has 0 aliphatic heterocycles. The third kappa shape index (κ3) is 5.71. The zero-order chi connectivity index (χ0) is 26.4. The van der Waals surface area contributed by atoms with Crippen LogP contribution in [0.15, 0.2) is 42.5 Å². The highest BCUT2D eigenvalue weighted by atomic mass is 16.5. The predicted molar refractivity (Wildman–Crippen MR) is 134 cm³/mol. The van der Waals surface area contributed by atoms with Gasteiger partial charge < -0.3 is 28.8 Å². The molecule has 0 heterocycles. The summed E-state index contributed by atoms with van der Waals surface area (Å²) in [6.07, 6.45) is 0. The van der Waals surface area contributed by atoms with Crippen LogP contribution in [0.1, 0.15) is 49.9 Å². The molecule has 8 heteroatoms. The molecule has 0 spiro atoms. The molecule has 0 atom stereocenters. The lowest BCUT2D eigenvalue weighted by Gasteiger charge is -2.18. The molecule has 3 aromatic carbocycles. The highest BCUT2D eigenvalue weighted by molar-refractivity contribution is 5.97. The zero-order valence-corrected chi connectivity index (χ0v) is 21.3. The van der Waals surface area contributed by atoms with E-state index in [1.54, 1.807) is 40.9 Å². The molecule has 0 fully saturated rings. The van der Waals surface area contributed by atoms with Gasteiger partial charge >= 0.3 is 11.9 Å². The highest BCUT2D eigenvalue weighted by Crippen LogP contribution is 2.36. The number of hydrogen-bond donors (Lipinski definition) is 1. The maximum atomic E-state index is 13.1. The lowest BCUT2D eigenvalue weighted by Crippen LogP contribution is -2.14. The van der Waals surface area contributed by atoms with E-state index in [-0.39, 0.29) is 29.2 Å². The Bertz CT molecular complexity index is 1240. The van der Waals surface area contributed by atoms with Crippen molar-refractivity contribution < 1.29 is 38.4 Å². The summed E-state index contributed by atoms with van der Waals surface area (Å²) in [6, 6.07) is 12.0. The van der Waals surface area contributed by atoms with Crippen molar-refractivity contribution in [2.45, 2.75) is 34.3 Å². The van der Waals surface area contributed by atoms with Crippen LogP contribution < -0.4 is 18.9 Å². The van der Waals surface area contributed by atoms with Crippen LogP contribution in [0, 0.1) is 20.8 Å². The topological polar surface area (TPSA) is 101 Å². The van der Waals surface area contributed by atoms with Gasteiger partial charge in [-0.15, -0.1) is 0 Å². The number of benzene rings is 3. The van der Waals surface area contributed by atoms with Crippen LogP contribution in [0.5, 0.6) is 28.7 Å². The van der Waals surface area contributed by atoms with Crippen LogP contribution in [-0.2, 0) is 11.3 Å². The van der Waals surface area contributed by atoms with E-state index >= 15 is 0 Å². The summed E-state index contributed by atoms with van der Waals surface area (Å²) in [5.41, 5.74) is 2.87. The van der Waals surface area contributed by atoms with E-state index in [1.807, 2.05) is 24.3 Å². The minimum Gasteiger partial charge on any atom is -0.507 e. The third-order valence-electron chi connectivity index (χ3n) is 5.62. The van der Waals surface area contributed by atoms with E-state index in [1.165, 1.54) is 19.2 Å². The first kappa shape index (κ1) is 26.4. The Hall–Kier alpha value is -4.20. The maximum Gasteiger partial charge on any atom is 0.347 e. The smallest absolute Gasteiger partial charge is 0.347 e. The number of carbonyl (C=O) groups excluding carboxylic acids is 2. The van der Waals surface area contributed by atoms with Crippen LogP contribution in [0.4, 0.5) is 0 Å². The summed E-state index contributed by atoms with van der Waals surface area (Å²) in [6.45, 7) is 7.34. The van der Waals surface area contributed by atoms with Gasteiger partial charge in [0, 0.05) is 11.6 Å². The number of hydrogen-bond acceptors (Lipinski definition) is 8. The summed E-state index contributed by atoms with van der Waals surface area (Å²) in [4.78, 5) is 25.2. The number of phenols is 1. The fourth-order valence-electron chi connectivity index (χ4n) is 3.82. The van der Waals surface area contributed by atoms with Crippen molar-refractivity contribution in [2.24, 2.45) is 0 Å². The lowest BCUT2D eigenvalue weighted by atomic mass is 10.0. The SMILES string of the molecule is CCOC(=O)c1c(C)cc(OC(=O)c2c(C)cc(OCc3ccc(OC)cc3)c(C)c2OC)cc1O. The van der Waals surface area contributed by atoms with Gasteiger partial charge in [0.15, 0.2) is 0 Å². The van der Waals surface area contributed by atoms with Crippen LogP contribution >= 0.6 is 0 Å². The van der Waals surface area contributed by atoms with Crippen molar-refractivity contribution in [3.8, 4) is 28.7 Å². The van der Waals surface area contributed by atoms with E-state index in [2.05, 4.69) is 0 Å². The molecule has 190 valence electrons. The predicted octanol–water partition coefficient (Wildman–Crippen LogP) is 5.31. The fourth-order valence-corrected chi connectivity index (χ4v) is 3.82. The molecule has 0 bridgehead atoms. The van der Waals surface area contributed by atoms with Gasteiger partial charge in [0.25, 0.3) is 0 Å². The first-order valence-electron chi connectivity index (χ1n) is 11.4. The molecule has 8 nitrogen and oxygen atoms in total. The van der Waals surface area contributed by atoms with Crippen molar-refractivity contribution >= 4 is 11.9 Å². The molecule has 0 radical (unpaired) electrons. The van der Waals surface area contributed by atoms with E-state index in [4.69, 9.17) is 23.7 Å². The Morgan fingerprint density at radius 1 is 0.833 bits per heavy atom. The number of phenolic OH excluding ortho intramolecular Hbond substituents is 1. The molecule has 3 aromatic rings. The van der Waals surface area contributed by atoms with Crippen LogP contribution in [0.3, 0.4) is 0 Å².